The Balaban J connectivity index is 2.35. The molecule has 1 heterocycles. The molecule has 0 aliphatic heterocycles. The first-order valence-corrected chi connectivity index (χ1v) is 4.69. The molecule has 0 spiro atoms. The lowest BCUT2D eigenvalue weighted by Gasteiger charge is -2.06. The lowest BCUT2D eigenvalue weighted by molar-refractivity contribution is 0.611. The Morgan fingerprint density at radius 1 is 1.47 bits per heavy atom. The minimum Gasteiger partial charge on any atom is -0.385 e. The van der Waals surface area contributed by atoms with Gasteiger partial charge in [-0.05, 0) is 25.1 Å². The van der Waals surface area contributed by atoms with Crippen molar-refractivity contribution in [3.63, 3.8) is 0 Å². The van der Waals surface area contributed by atoms with Crippen molar-refractivity contribution in [2.24, 2.45) is 0 Å². The number of benzene rings is 1. The second-order valence-corrected chi connectivity index (χ2v) is 3.04. The molecule has 2 aromatic rings. The highest BCUT2D eigenvalue weighted by Crippen LogP contribution is 2.16. The van der Waals surface area contributed by atoms with Crippen LogP contribution in [0.15, 0.2) is 30.9 Å². The third kappa shape index (κ3) is 1.96. The standard InChI is InChI=1S/C10H11FN4/c1-2-13-8-3-4-10(9(11)5-8)15-7-12-6-14-15/h3-7,13H,2H2,1H3. The van der Waals surface area contributed by atoms with E-state index in [1.165, 1.54) is 23.4 Å². The fraction of sp³-hybridized carbons (Fsp3) is 0.200. The third-order valence-corrected chi connectivity index (χ3v) is 1.99. The van der Waals surface area contributed by atoms with Crippen LogP contribution >= 0.6 is 0 Å². The highest BCUT2D eigenvalue weighted by atomic mass is 19.1. The molecular weight excluding hydrogens is 195 g/mol. The lowest BCUT2D eigenvalue weighted by atomic mass is 10.2. The zero-order chi connectivity index (χ0) is 10.7. The van der Waals surface area contributed by atoms with Crippen LogP contribution in [-0.4, -0.2) is 21.3 Å². The Morgan fingerprint density at radius 2 is 2.33 bits per heavy atom. The molecule has 78 valence electrons. The maximum absolute atomic E-state index is 13.6. The summed E-state index contributed by atoms with van der Waals surface area (Å²) in [5, 5.41) is 6.90. The minimum absolute atomic E-state index is 0.320. The number of hydrogen-bond acceptors (Lipinski definition) is 3. The Kier molecular flexibility index (Phi) is 2.62. The van der Waals surface area contributed by atoms with Gasteiger partial charge in [0.25, 0.3) is 0 Å². The van der Waals surface area contributed by atoms with Crippen molar-refractivity contribution in [1.82, 2.24) is 14.8 Å². The van der Waals surface area contributed by atoms with Crippen LogP contribution in [0.3, 0.4) is 0 Å². The van der Waals surface area contributed by atoms with Gasteiger partial charge in [0, 0.05) is 12.2 Å². The summed E-state index contributed by atoms with van der Waals surface area (Å²) in [5.74, 6) is -0.320. The molecule has 0 unspecified atom stereocenters. The van der Waals surface area contributed by atoms with Crippen molar-refractivity contribution in [3.05, 3.63) is 36.7 Å². The first-order valence-electron chi connectivity index (χ1n) is 4.69. The van der Waals surface area contributed by atoms with E-state index in [2.05, 4.69) is 15.4 Å². The predicted molar refractivity (Wildman–Crippen MR) is 55.5 cm³/mol. The number of anilines is 1. The van der Waals surface area contributed by atoms with Crippen molar-refractivity contribution >= 4 is 5.69 Å². The van der Waals surface area contributed by atoms with E-state index in [0.29, 0.717) is 5.69 Å². The molecule has 1 aromatic carbocycles. The molecule has 0 amide bonds. The van der Waals surface area contributed by atoms with Crippen LogP contribution in [0, 0.1) is 5.82 Å². The number of nitrogens with zero attached hydrogens (tertiary/aromatic N) is 3. The molecule has 0 aliphatic carbocycles. The highest BCUT2D eigenvalue weighted by molar-refractivity contribution is 5.49. The van der Waals surface area contributed by atoms with Crippen LogP contribution < -0.4 is 5.32 Å². The van der Waals surface area contributed by atoms with Gasteiger partial charge in [-0.15, -0.1) is 0 Å². The summed E-state index contributed by atoms with van der Waals surface area (Å²) in [6.45, 7) is 2.73. The van der Waals surface area contributed by atoms with E-state index < -0.39 is 0 Å². The quantitative estimate of drug-likeness (QED) is 0.833. The molecular formula is C10H11FN4. The molecule has 2 rings (SSSR count). The van der Waals surface area contributed by atoms with Crippen molar-refractivity contribution in [2.75, 3.05) is 11.9 Å². The second kappa shape index (κ2) is 4.08. The maximum atomic E-state index is 13.6. The normalized spacial score (nSPS) is 10.3. The smallest absolute Gasteiger partial charge is 0.150 e. The molecule has 0 saturated heterocycles. The third-order valence-electron chi connectivity index (χ3n) is 1.99. The van der Waals surface area contributed by atoms with E-state index >= 15 is 0 Å². The molecule has 5 heteroatoms. The van der Waals surface area contributed by atoms with Crippen LogP contribution in [-0.2, 0) is 0 Å². The molecule has 0 radical (unpaired) electrons. The van der Waals surface area contributed by atoms with Crippen LogP contribution in [0.4, 0.5) is 10.1 Å². The largest absolute Gasteiger partial charge is 0.385 e. The lowest BCUT2D eigenvalue weighted by Crippen LogP contribution is -2.01. The predicted octanol–water partition coefficient (Wildman–Crippen LogP) is 1.84. The van der Waals surface area contributed by atoms with Gasteiger partial charge in [-0.1, -0.05) is 0 Å². The van der Waals surface area contributed by atoms with Crippen LogP contribution in [0.2, 0.25) is 0 Å². The summed E-state index contributed by atoms with van der Waals surface area (Å²) in [5.41, 5.74) is 1.16. The Bertz CT molecular complexity index is 439. The summed E-state index contributed by atoms with van der Waals surface area (Å²) >= 11 is 0. The van der Waals surface area contributed by atoms with Gasteiger partial charge >= 0.3 is 0 Å². The molecule has 0 aliphatic rings. The minimum atomic E-state index is -0.320. The Labute approximate surface area is 86.8 Å². The molecule has 0 atom stereocenters. The topological polar surface area (TPSA) is 42.7 Å². The van der Waals surface area contributed by atoms with Crippen LogP contribution in [0.5, 0.6) is 0 Å². The fourth-order valence-electron chi connectivity index (χ4n) is 1.34. The van der Waals surface area contributed by atoms with Gasteiger partial charge in [0.1, 0.15) is 18.3 Å². The molecule has 1 aromatic heterocycles. The SMILES string of the molecule is CCNc1ccc(-n2cncn2)c(F)c1. The number of aromatic nitrogens is 3. The number of nitrogens with one attached hydrogen (secondary N) is 1. The zero-order valence-electron chi connectivity index (χ0n) is 8.31. The molecule has 0 saturated carbocycles. The van der Waals surface area contributed by atoms with E-state index in [1.54, 1.807) is 6.07 Å². The van der Waals surface area contributed by atoms with Gasteiger partial charge in [0.15, 0.2) is 5.82 Å². The van der Waals surface area contributed by atoms with E-state index in [9.17, 15) is 4.39 Å². The molecule has 4 nitrogen and oxygen atoms in total. The summed E-state index contributed by atoms with van der Waals surface area (Å²) in [6.07, 6.45) is 2.84. The van der Waals surface area contributed by atoms with Crippen molar-refractivity contribution < 1.29 is 4.39 Å². The summed E-state index contributed by atoms with van der Waals surface area (Å²) in [7, 11) is 0. The summed E-state index contributed by atoms with van der Waals surface area (Å²) < 4.78 is 15.0. The average molecular weight is 206 g/mol. The van der Waals surface area contributed by atoms with Crippen molar-refractivity contribution in [2.45, 2.75) is 6.92 Å². The number of rotatable bonds is 3. The summed E-state index contributed by atoms with van der Waals surface area (Å²) in [4.78, 5) is 3.77. The van der Waals surface area contributed by atoms with Crippen LogP contribution in [0.1, 0.15) is 6.92 Å². The van der Waals surface area contributed by atoms with Crippen molar-refractivity contribution in [3.8, 4) is 5.69 Å². The van der Waals surface area contributed by atoms with E-state index in [4.69, 9.17) is 0 Å². The molecule has 0 fully saturated rings. The average Bonchev–Trinajstić information content (AvgIpc) is 2.71. The fourth-order valence-corrected chi connectivity index (χ4v) is 1.34. The van der Waals surface area contributed by atoms with Crippen molar-refractivity contribution in [1.29, 1.82) is 0 Å². The Morgan fingerprint density at radius 3 is 2.93 bits per heavy atom. The first kappa shape index (κ1) is 9.64. The first-order chi connectivity index (χ1) is 7.31. The highest BCUT2D eigenvalue weighted by Gasteiger charge is 2.05. The van der Waals surface area contributed by atoms with E-state index in [1.807, 2.05) is 13.0 Å². The number of hydrogen-bond donors (Lipinski definition) is 1. The number of halogens is 1. The monoisotopic (exact) mass is 206 g/mol. The van der Waals surface area contributed by atoms with Gasteiger partial charge in [-0.25, -0.2) is 14.1 Å². The van der Waals surface area contributed by atoms with Gasteiger partial charge in [0.05, 0.1) is 0 Å². The van der Waals surface area contributed by atoms with Gasteiger partial charge < -0.3 is 5.32 Å². The zero-order valence-corrected chi connectivity index (χ0v) is 8.31. The molecule has 15 heavy (non-hydrogen) atoms. The van der Waals surface area contributed by atoms with E-state index in [0.717, 1.165) is 12.2 Å². The summed E-state index contributed by atoms with van der Waals surface area (Å²) in [6, 6.07) is 4.92. The maximum Gasteiger partial charge on any atom is 0.150 e. The van der Waals surface area contributed by atoms with Gasteiger partial charge in [-0.2, -0.15) is 5.10 Å². The molecule has 1 N–H and O–H groups in total. The van der Waals surface area contributed by atoms with Crippen LogP contribution in [0.25, 0.3) is 5.69 Å². The van der Waals surface area contributed by atoms with Gasteiger partial charge in [0.2, 0.25) is 0 Å². The van der Waals surface area contributed by atoms with E-state index in [-0.39, 0.29) is 5.82 Å². The molecule has 0 bridgehead atoms. The Hall–Kier alpha value is -1.91. The second-order valence-electron chi connectivity index (χ2n) is 3.04. The van der Waals surface area contributed by atoms with Gasteiger partial charge in [-0.3, -0.25) is 0 Å².